The van der Waals surface area contributed by atoms with Gasteiger partial charge in [0.05, 0.1) is 16.2 Å². The molecule has 0 unspecified atom stereocenters. The van der Waals surface area contributed by atoms with Gasteiger partial charge in [-0.2, -0.15) is 0 Å². The van der Waals surface area contributed by atoms with Crippen molar-refractivity contribution in [3.8, 4) is 0 Å². The lowest BCUT2D eigenvalue weighted by Crippen LogP contribution is -2.21. The number of rotatable bonds is 5. The zero-order valence-electron chi connectivity index (χ0n) is 10.0. The van der Waals surface area contributed by atoms with E-state index in [4.69, 9.17) is 5.11 Å². The molecule has 0 radical (unpaired) electrons. The van der Waals surface area contributed by atoms with Gasteiger partial charge in [-0.15, -0.1) is 0 Å². The number of carbonyl (C=O) groups is 2. The van der Waals surface area contributed by atoms with Gasteiger partial charge in [0.1, 0.15) is 0 Å². The number of carbonyl (C=O) groups excluding carboxylic acids is 1. The van der Waals surface area contributed by atoms with E-state index in [0.29, 0.717) is 4.47 Å². The summed E-state index contributed by atoms with van der Waals surface area (Å²) >= 11 is 3.03. The summed E-state index contributed by atoms with van der Waals surface area (Å²) in [5.74, 6) is -1.98. The lowest BCUT2D eigenvalue weighted by molar-refractivity contribution is -0.120. The molecule has 0 saturated heterocycles. The smallest absolute Gasteiger partial charge is 0.336 e. The second-order valence-electron chi connectivity index (χ2n) is 3.69. The molecule has 1 rings (SSSR count). The van der Waals surface area contributed by atoms with Gasteiger partial charge in [0, 0.05) is 17.9 Å². The lowest BCUT2D eigenvalue weighted by atomic mass is 10.2. The van der Waals surface area contributed by atoms with Crippen molar-refractivity contribution in [1.29, 1.82) is 0 Å². The predicted molar refractivity (Wildman–Crippen MR) is 71.8 cm³/mol. The maximum atomic E-state index is 12.0. The Hall–Kier alpha value is -1.41. The molecule has 0 aliphatic rings. The van der Waals surface area contributed by atoms with Crippen molar-refractivity contribution in [3.05, 3.63) is 28.2 Å². The number of hydrogen-bond donors (Lipinski definition) is 2. The Morgan fingerprint density at radius 2 is 2.00 bits per heavy atom. The Kier molecular flexibility index (Phi) is 5.07. The maximum Gasteiger partial charge on any atom is 0.336 e. The van der Waals surface area contributed by atoms with Gasteiger partial charge in [-0.25, -0.2) is 13.2 Å². The number of hydrogen-bond acceptors (Lipinski definition) is 4. The molecule has 1 amide bonds. The molecule has 104 valence electrons. The van der Waals surface area contributed by atoms with E-state index in [1.807, 2.05) is 0 Å². The van der Waals surface area contributed by atoms with Crippen LogP contribution in [-0.2, 0) is 14.6 Å². The van der Waals surface area contributed by atoms with E-state index in [1.165, 1.54) is 19.2 Å². The summed E-state index contributed by atoms with van der Waals surface area (Å²) in [6, 6.07) is 3.73. The molecule has 0 heterocycles. The summed E-state index contributed by atoms with van der Waals surface area (Å²) in [5, 5.41) is 11.2. The first-order valence-corrected chi connectivity index (χ1v) is 7.68. The Labute approximate surface area is 118 Å². The Balaban J connectivity index is 3.05. The molecule has 2 N–H and O–H groups in total. The molecule has 0 saturated carbocycles. The molecular formula is C11H12BrNO5S. The van der Waals surface area contributed by atoms with Crippen LogP contribution in [0.5, 0.6) is 0 Å². The van der Waals surface area contributed by atoms with Crippen molar-refractivity contribution < 1.29 is 23.1 Å². The van der Waals surface area contributed by atoms with E-state index in [9.17, 15) is 18.0 Å². The van der Waals surface area contributed by atoms with Crippen LogP contribution in [0.3, 0.4) is 0 Å². The van der Waals surface area contributed by atoms with Crippen LogP contribution in [0.1, 0.15) is 16.8 Å². The molecule has 19 heavy (non-hydrogen) atoms. The summed E-state index contributed by atoms with van der Waals surface area (Å²) in [7, 11) is -2.27. The van der Waals surface area contributed by atoms with Crippen molar-refractivity contribution in [2.75, 3.05) is 12.8 Å². The Morgan fingerprint density at radius 1 is 1.37 bits per heavy atom. The highest BCUT2D eigenvalue weighted by Gasteiger charge is 2.19. The highest BCUT2D eigenvalue weighted by Crippen LogP contribution is 2.22. The minimum absolute atomic E-state index is 0.114. The standard InChI is InChI=1S/C11H12BrNO5S/c1-13-10(14)4-5-19(17,18)7-2-3-9(12)8(6-7)11(15)16/h2-3,6H,4-5H2,1H3,(H,13,14)(H,15,16). The fourth-order valence-corrected chi connectivity index (χ4v) is 3.01. The average molecular weight is 350 g/mol. The molecule has 1 aromatic carbocycles. The second kappa shape index (κ2) is 6.16. The monoisotopic (exact) mass is 349 g/mol. The fraction of sp³-hybridized carbons (Fsp3) is 0.273. The normalized spacial score (nSPS) is 11.1. The number of benzene rings is 1. The van der Waals surface area contributed by atoms with Crippen molar-refractivity contribution in [2.45, 2.75) is 11.3 Å². The molecule has 0 aliphatic heterocycles. The minimum Gasteiger partial charge on any atom is -0.478 e. The van der Waals surface area contributed by atoms with Gasteiger partial charge >= 0.3 is 5.97 Å². The Bertz CT molecular complexity index is 612. The predicted octanol–water partition coefficient (Wildman–Crippen LogP) is 1.06. The summed E-state index contributed by atoms with van der Waals surface area (Å²) in [6.07, 6.45) is -0.169. The third-order valence-electron chi connectivity index (χ3n) is 2.40. The maximum absolute atomic E-state index is 12.0. The van der Waals surface area contributed by atoms with Gasteiger partial charge in [0.2, 0.25) is 5.91 Å². The molecule has 0 bridgehead atoms. The molecule has 0 atom stereocenters. The van der Waals surface area contributed by atoms with Gasteiger partial charge in [-0.3, -0.25) is 4.79 Å². The fourth-order valence-electron chi connectivity index (χ4n) is 1.33. The number of carboxylic acid groups (broad SMARTS) is 1. The van der Waals surface area contributed by atoms with Crippen LogP contribution in [0.15, 0.2) is 27.6 Å². The number of halogens is 1. The van der Waals surface area contributed by atoms with E-state index in [1.54, 1.807) is 0 Å². The molecule has 0 aromatic heterocycles. The van der Waals surface area contributed by atoms with Crippen molar-refractivity contribution in [2.24, 2.45) is 0 Å². The zero-order chi connectivity index (χ0) is 14.6. The molecule has 0 fully saturated rings. The molecule has 0 spiro atoms. The highest BCUT2D eigenvalue weighted by molar-refractivity contribution is 9.10. The van der Waals surface area contributed by atoms with E-state index in [-0.39, 0.29) is 28.5 Å². The van der Waals surface area contributed by atoms with Crippen LogP contribution < -0.4 is 5.32 Å². The summed E-state index contributed by atoms with van der Waals surface area (Å²) in [4.78, 5) is 21.9. The topological polar surface area (TPSA) is 101 Å². The van der Waals surface area contributed by atoms with Crippen molar-refractivity contribution >= 4 is 37.6 Å². The largest absolute Gasteiger partial charge is 0.478 e. The van der Waals surface area contributed by atoms with Crippen LogP contribution in [0.2, 0.25) is 0 Å². The van der Waals surface area contributed by atoms with E-state index < -0.39 is 15.8 Å². The van der Waals surface area contributed by atoms with Crippen LogP contribution in [0, 0.1) is 0 Å². The van der Waals surface area contributed by atoms with Crippen molar-refractivity contribution in [3.63, 3.8) is 0 Å². The number of sulfone groups is 1. The average Bonchev–Trinajstić information content (AvgIpc) is 2.35. The summed E-state index contributed by atoms with van der Waals surface area (Å²) < 4.78 is 24.2. The minimum atomic E-state index is -3.68. The van der Waals surface area contributed by atoms with Gasteiger partial charge in [0.15, 0.2) is 9.84 Å². The van der Waals surface area contributed by atoms with Gasteiger partial charge < -0.3 is 10.4 Å². The third kappa shape index (κ3) is 4.03. The van der Waals surface area contributed by atoms with E-state index >= 15 is 0 Å². The lowest BCUT2D eigenvalue weighted by Gasteiger charge is -2.06. The van der Waals surface area contributed by atoms with Crippen LogP contribution in [-0.4, -0.2) is 38.2 Å². The molecule has 8 heteroatoms. The highest BCUT2D eigenvalue weighted by atomic mass is 79.9. The number of nitrogens with one attached hydrogen (secondary N) is 1. The first-order chi connectivity index (χ1) is 8.77. The molecule has 1 aromatic rings. The van der Waals surface area contributed by atoms with Gasteiger partial charge in [-0.05, 0) is 34.1 Å². The third-order valence-corrected chi connectivity index (χ3v) is 4.81. The van der Waals surface area contributed by atoms with Crippen LogP contribution in [0.4, 0.5) is 0 Å². The quantitative estimate of drug-likeness (QED) is 0.827. The molecule has 0 aliphatic carbocycles. The number of aromatic carboxylic acids is 1. The number of carboxylic acids is 1. The second-order valence-corrected chi connectivity index (χ2v) is 6.65. The van der Waals surface area contributed by atoms with Crippen LogP contribution >= 0.6 is 15.9 Å². The van der Waals surface area contributed by atoms with Gasteiger partial charge in [-0.1, -0.05) is 0 Å². The molecule has 6 nitrogen and oxygen atoms in total. The Morgan fingerprint density at radius 3 is 2.53 bits per heavy atom. The first-order valence-electron chi connectivity index (χ1n) is 5.24. The van der Waals surface area contributed by atoms with Gasteiger partial charge in [0.25, 0.3) is 0 Å². The first kappa shape index (κ1) is 15.6. The number of amides is 1. The summed E-state index contributed by atoms with van der Waals surface area (Å²) in [6.45, 7) is 0. The van der Waals surface area contributed by atoms with E-state index in [0.717, 1.165) is 6.07 Å². The zero-order valence-corrected chi connectivity index (χ0v) is 12.4. The van der Waals surface area contributed by atoms with E-state index in [2.05, 4.69) is 21.2 Å². The van der Waals surface area contributed by atoms with Crippen molar-refractivity contribution in [1.82, 2.24) is 5.32 Å². The molecular weight excluding hydrogens is 338 g/mol. The SMILES string of the molecule is CNC(=O)CCS(=O)(=O)c1ccc(Br)c(C(=O)O)c1. The summed E-state index contributed by atoms with van der Waals surface area (Å²) in [5.41, 5.74) is -0.138. The van der Waals surface area contributed by atoms with Crippen LogP contribution in [0.25, 0.3) is 0 Å².